The summed E-state index contributed by atoms with van der Waals surface area (Å²) in [7, 11) is 0. The molecule has 2 atom stereocenters. The number of ether oxygens (including phenoxy) is 2. The SMILES string of the molecule is CC1(C)OC2CCCCC2O1.CCC.CCC. The van der Waals surface area contributed by atoms with Crippen molar-refractivity contribution in [1.29, 1.82) is 0 Å². The van der Waals surface area contributed by atoms with Crippen LogP contribution in [0, 0.1) is 0 Å². The van der Waals surface area contributed by atoms with Crippen molar-refractivity contribution in [3.63, 3.8) is 0 Å². The average Bonchev–Trinajstić information content (AvgIpc) is 2.53. The molecule has 1 heterocycles. The molecule has 2 nitrogen and oxygen atoms in total. The predicted molar refractivity (Wildman–Crippen MR) is 74.2 cm³/mol. The lowest BCUT2D eigenvalue weighted by Crippen LogP contribution is -2.25. The predicted octanol–water partition coefficient (Wildman–Crippen LogP) is 4.91. The Balaban J connectivity index is 0.000000366. The Morgan fingerprint density at radius 2 is 1.12 bits per heavy atom. The zero-order valence-corrected chi connectivity index (χ0v) is 12.7. The fourth-order valence-electron chi connectivity index (χ4n) is 2.09. The van der Waals surface area contributed by atoms with E-state index < -0.39 is 0 Å². The van der Waals surface area contributed by atoms with Gasteiger partial charge >= 0.3 is 0 Å². The molecule has 0 aromatic rings. The molecule has 2 heteroatoms. The van der Waals surface area contributed by atoms with E-state index in [1.807, 2.05) is 13.8 Å². The Hall–Kier alpha value is -0.0800. The molecule has 0 aromatic heterocycles. The van der Waals surface area contributed by atoms with Crippen LogP contribution in [0.4, 0.5) is 0 Å². The van der Waals surface area contributed by atoms with Crippen LogP contribution in [0.25, 0.3) is 0 Å². The minimum Gasteiger partial charge on any atom is -0.345 e. The van der Waals surface area contributed by atoms with Crippen LogP contribution in [0.15, 0.2) is 0 Å². The quantitative estimate of drug-likeness (QED) is 0.602. The van der Waals surface area contributed by atoms with E-state index >= 15 is 0 Å². The lowest BCUT2D eigenvalue weighted by Gasteiger charge is -2.21. The first-order chi connectivity index (χ1) is 8.00. The Kier molecular flexibility index (Phi) is 8.89. The van der Waals surface area contributed by atoms with Crippen molar-refractivity contribution in [1.82, 2.24) is 0 Å². The van der Waals surface area contributed by atoms with Crippen molar-refractivity contribution in [3.8, 4) is 0 Å². The second-order valence-corrected chi connectivity index (χ2v) is 5.41. The van der Waals surface area contributed by atoms with Gasteiger partial charge in [0.25, 0.3) is 0 Å². The van der Waals surface area contributed by atoms with Crippen LogP contribution in [-0.4, -0.2) is 18.0 Å². The molecule has 1 saturated carbocycles. The molecule has 17 heavy (non-hydrogen) atoms. The van der Waals surface area contributed by atoms with E-state index in [4.69, 9.17) is 9.47 Å². The zero-order chi connectivity index (χ0) is 13.3. The van der Waals surface area contributed by atoms with Gasteiger partial charge in [0.15, 0.2) is 5.79 Å². The molecule has 0 spiro atoms. The normalized spacial score (nSPS) is 29.3. The van der Waals surface area contributed by atoms with E-state index in [-0.39, 0.29) is 5.79 Å². The number of hydrogen-bond donors (Lipinski definition) is 0. The van der Waals surface area contributed by atoms with Crippen molar-refractivity contribution in [2.24, 2.45) is 0 Å². The third kappa shape index (κ3) is 7.05. The Labute approximate surface area is 108 Å². The molecule has 1 aliphatic carbocycles. The second-order valence-electron chi connectivity index (χ2n) is 5.41. The summed E-state index contributed by atoms with van der Waals surface area (Å²) in [5, 5.41) is 0. The van der Waals surface area contributed by atoms with Crippen molar-refractivity contribution in [3.05, 3.63) is 0 Å². The molecule has 0 N–H and O–H groups in total. The first-order valence-electron chi connectivity index (χ1n) is 7.36. The van der Waals surface area contributed by atoms with E-state index in [0.29, 0.717) is 12.2 Å². The van der Waals surface area contributed by atoms with Gasteiger partial charge in [-0.1, -0.05) is 53.4 Å². The number of rotatable bonds is 0. The highest BCUT2D eigenvalue weighted by molar-refractivity contribution is 4.84. The molecule has 0 amide bonds. The van der Waals surface area contributed by atoms with Crippen molar-refractivity contribution in [2.75, 3.05) is 0 Å². The van der Waals surface area contributed by atoms with E-state index in [2.05, 4.69) is 27.7 Å². The minimum absolute atomic E-state index is 0.320. The van der Waals surface area contributed by atoms with Gasteiger partial charge in [0.1, 0.15) is 0 Å². The molecular weight excluding hydrogens is 212 g/mol. The highest BCUT2D eigenvalue weighted by Crippen LogP contribution is 2.36. The Bertz CT molecular complexity index is 160. The van der Waals surface area contributed by atoms with Crippen LogP contribution in [-0.2, 0) is 9.47 Å². The van der Waals surface area contributed by atoms with Gasteiger partial charge in [0.2, 0.25) is 0 Å². The summed E-state index contributed by atoms with van der Waals surface area (Å²) in [4.78, 5) is 0. The summed E-state index contributed by atoms with van der Waals surface area (Å²) in [6.07, 6.45) is 8.26. The first-order valence-corrected chi connectivity index (χ1v) is 7.36. The second kappa shape index (κ2) is 8.93. The lowest BCUT2D eigenvalue weighted by atomic mass is 9.95. The molecule has 2 rings (SSSR count). The first kappa shape index (κ1) is 16.9. The highest BCUT2D eigenvalue weighted by Gasteiger charge is 2.41. The summed E-state index contributed by atoms with van der Waals surface area (Å²) in [6.45, 7) is 12.5. The summed E-state index contributed by atoms with van der Waals surface area (Å²) in [5.41, 5.74) is 0. The fraction of sp³-hybridized carbons (Fsp3) is 1.00. The van der Waals surface area contributed by atoms with Gasteiger partial charge in [0, 0.05) is 0 Å². The van der Waals surface area contributed by atoms with Crippen LogP contribution >= 0.6 is 0 Å². The molecule has 0 bridgehead atoms. The van der Waals surface area contributed by atoms with Crippen molar-refractivity contribution < 1.29 is 9.47 Å². The van der Waals surface area contributed by atoms with Gasteiger partial charge in [0.05, 0.1) is 12.2 Å². The maximum absolute atomic E-state index is 5.73. The van der Waals surface area contributed by atoms with Gasteiger partial charge < -0.3 is 9.47 Å². The summed E-state index contributed by atoms with van der Waals surface area (Å²) in [6, 6.07) is 0. The van der Waals surface area contributed by atoms with Crippen LogP contribution < -0.4 is 0 Å². The third-order valence-electron chi connectivity index (χ3n) is 2.51. The molecule has 0 aromatic carbocycles. The fourth-order valence-corrected chi connectivity index (χ4v) is 2.09. The molecule has 1 saturated heterocycles. The molecule has 1 aliphatic heterocycles. The monoisotopic (exact) mass is 244 g/mol. The standard InChI is InChI=1S/C9H16O2.2C3H8/c1-9(2)10-7-5-3-4-6-8(7)11-9;2*1-3-2/h7-8H,3-6H2,1-2H3;2*3H2,1-2H3. The number of hydrogen-bond acceptors (Lipinski definition) is 2. The molecule has 104 valence electrons. The van der Waals surface area contributed by atoms with E-state index in [1.54, 1.807) is 0 Å². The van der Waals surface area contributed by atoms with Crippen LogP contribution in [0.3, 0.4) is 0 Å². The average molecular weight is 244 g/mol. The van der Waals surface area contributed by atoms with Crippen molar-refractivity contribution >= 4 is 0 Å². The molecule has 2 fully saturated rings. The van der Waals surface area contributed by atoms with Gasteiger partial charge in [-0.2, -0.15) is 0 Å². The zero-order valence-electron chi connectivity index (χ0n) is 12.7. The van der Waals surface area contributed by atoms with Gasteiger partial charge in [-0.15, -0.1) is 0 Å². The Morgan fingerprint density at radius 3 is 1.41 bits per heavy atom. The largest absolute Gasteiger partial charge is 0.345 e. The minimum atomic E-state index is -0.320. The smallest absolute Gasteiger partial charge is 0.163 e. The number of fused-ring (bicyclic) bond motifs is 1. The van der Waals surface area contributed by atoms with Crippen LogP contribution in [0.2, 0.25) is 0 Å². The summed E-state index contributed by atoms with van der Waals surface area (Å²) in [5.74, 6) is -0.320. The Morgan fingerprint density at radius 1 is 0.824 bits per heavy atom. The van der Waals surface area contributed by atoms with Crippen molar-refractivity contribution in [2.45, 2.75) is 98.1 Å². The molecular formula is C15H32O2. The maximum Gasteiger partial charge on any atom is 0.163 e. The topological polar surface area (TPSA) is 18.5 Å². The molecule has 2 aliphatic rings. The highest BCUT2D eigenvalue weighted by atomic mass is 16.7. The van der Waals surface area contributed by atoms with Gasteiger partial charge in [-0.3, -0.25) is 0 Å². The maximum atomic E-state index is 5.73. The van der Waals surface area contributed by atoms with Gasteiger partial charge in [-0.05, 0) is 26.7 Å². The molecule has 0 radical (unpaired) electrons. The van der Waals surface area contributed by atoms with E-state index in [9.17, 15) is 0 Å². The van der Waals surface area contributed by atoms with Crippen LogP contribution in [0.1, 0.15) is 80.1 Å². The lowest BCUT2D eigenvalue weighted by molar-refractivity contribution is -0.145. The van der Waals surface area contributed by atoms with E-state index in [1.165, 1.54) is 38.5 Å². The molecule has 2 unspecified atom stereocenters. The van der Waals surface area contributed by atoms with Gasteiger partial charge in [-0.25, -0.2) is 0 Å². The summed E-state index contributed by atoms with van der Waals surface area (Å²) < 4.78 is 11.5. The summed E-state index contributed by atoms with van der Waals surface area (Å²) >= 11 is 0. The van der Waals surface area contributed by atoms with E-state index in [0.717, 1.165) is 0 Å². The van der Waals surface area contributed by atoms with Crippen LogP contribution in [0.5, 0.6) is 0 Å². The third-order valence-corrected chi connectivity index (χ3v) is 2.51.